The quantitative estimate of drug-likeness (QED) is 0.366. The molecule has 1 atom stereocenters. The lowest BCUT2D eigenvalue weighted by Gasteiger charge is -2.34. The Morgan fingerprint density at radius 2 is 1.74 bits per heavy atom. The van der Waals surface area contributed by atoms with E-state index in [9.17, 15) is 18.0 Å². The normalized spacial score (nSPS) is 14.9. The van der Waals surface area contributed by atoms with E-state index in [1.165, 1.54) is 4.90 Å². The van der Waals surface area contributed by atoms with E-state index in [4.69, 9.17) is 23.2 Å². The summed E-state index contributed by atoms with van der Waals surface area (Å²) in [7, 11) is -3.82. The van der Waals surface area contributed by atoms with Gasteiger partial charge in [0.2, 0.25) is 21.8 Å². The number of rotatable bonds is 11. The van der Waals surface area contributed by atoms with Gasteiger partial charge < -0.3 is 10.2 Å². The molecular formula is C28H37Cl2N3O4S. The Morgan fingerprint density at radius 1 is 1.08 bits per heavy atom. The van der Waals surface area contributed by atoms with Gasteiger partial charge in [0.1, 0.15) is 12.6 Å². The largest absolute Gasteiger partial charge is 0.352 e. The van der Waals surface area contributed by atoms with E-state index in [0.717, 1.165) is 41.8 Å². The molecule has 1 aliphatic carbocycles. The molecule has 0 unspecified atom stereocenters. The van der Waals surface area contributed by atoms with E-state index in [0.29, 0.717) is 27.7 Å². The zero-order valence-corrected chi connectivity index (χ0v) is 24.7. The summed E-state index contributed by atoms with van der Waals surface area (Å²) < 4.78 is 27.0. The Balaban J connectivity index is 1.99. The molecule has 10 heteroatoms. The molecule has 7 nitrogen and oxygen atoms in total. The van der Waals surface area contributed by atoms with Gasteiger partial charge in [-0.15, -0.1) is 0 Å². The third kappa shape index (κ3) is 7.64. The van der Waals surface area contributed by atoms with Crippen molar-refractivity contribution in [3.05, 3.63) is 63.6 Å². The maximum Gasteiger partial charge on any atom is 0.244 e. The molecule has 1 fully saturated rings. The van der Waals surface area contributed by atoms with Gasteiger partial charge in [-0.2, -0.15) is 0 Å². The van der Waals surface area contributed by atoms with E-state index in [2.05, 4.69) is 5.32 Å². The molecule has 1 saturated carbocycles. The van der Waals surface area contributed by atoms with Gasteiger partial charge in [-0.25, -0.2) is 8.42 Å². The molecule has 2 aromatic rings. The van der Waals surface area contributed by atoms with Gasteiger partial charge in [0, 0.05) is 22.6 Å². The Kier molecular flexibility index (Phi) is 10.5. The maximum atomic E-state index is 14.0. The van der Waals surface area contributed by atoms with E-state index in [1.807, 2.05) is 32.9 Å². The summed E-state index contributed by atoms with van der Waals surface area (Å²) in [6.45, 7) is 5.37. The standard InChI is InChI=1S/C28H37Cl2N3O4S/c1-5-25(28(35)31-22-10-6-7-11-22)32(17-20-14-15-21(29)16-24(20)30)27(34)18-33(38(4,36)37)26-13-9-8-12-23(26)19(2)3/h8-9,12-16,19,22,25H,5-7,10-11,17-18H2,1-4H3,(H,31,35)/t25-/m1/s1. The van der Waals surface area contributed by atoms with Crippen molar-refractivity contribution in [1.82, 2.24) is 10.2 Å². The first-order valence-electron chi connectivity index (χ1n) is 13.0. The number of hydrogen-bond donors (Lipinski definition) is 1. The molecule has 0 heterocycles. The van der Waals surface area contributed by atoms with E-state index < -0.39 is 28.5 Å². The van der Waals surface area contributed by atoms with Gasteiger partial charge in [-0.05, 0) is 54.5 Å². The molecule has 208 valence electrons. The minimum absolute atomic E-state index is 0.0366. The molecule has 1 N–H and O–H groups in total. The molecule has 2 aromatic carbocycles. The van der Waals surface area contributed by atoms with Crippen LogP contribution in [0.3, 0.4) is 0 Å². The second-order valence-corrected chi connectivity index (χ2v) is 12.9. The van der Waals surface area contributed by atoms with E-state index in [1.54, 1.807) is 30.3 Å². The molecular weight excluding hydrogens is 545 g/mol. The van der Waals surface area contributed by atoms with Gasteiger partial charge in [-0.3, -0.25) is 13.9 Å². The number of carbonyl (C=O) groups is 2. The monoisotopic (exact) mass is 581 g/mol. The van der Waals surface area contributed by atoms with Crippen molar-refractivity contribution >= 4 is 50.7 Å². The van der Waals surface area contributed by atoms with Crippen LogP contribution in [-0.4, -0.2) is 50.0 Å². The van der Waals surface area contributed by atoms with Crippen LogP contribution in [0.25, 0.3) is 0 Å². The summed E-state index contributed by atoms with van der Waals surface area (Å²) in [6, 6.07) is 11.4. The Labute approximate surface area is 236 Å². The molecule has 0 aliphatic heterocycles. The van der Waals surface area contributed by atoms with Crippen LogP contribution in [-0.2, 0) is 26.2 Å². The number of amides is 2. The minimum Gasteiger partial charge on any atom is -0.352 e. The summed E-state index contributed by atoms with van der Waals surface area (Å²) in [4.78, 5) is 28.8. The Hall–Kier alpha value is -2.29. The van der Waals surface area contributed by atoms with Gasteiger partial charge in [0.15, 0.2) is 0 Å². The molecule has 0 saturated heterocycles. The third-order valence-corrected chi connectivity index (χ3v) is 8.66. The average Bonchev–Trinajstić information content (AvgIpc) is 3.35. The van der Waals surface area contributed by atoms with Gasteiger partial charge in [-0.1, -0.05) is 81.1 Å². The van der Waals surface area contributed by atoms with Crippen molar-refractivity contribution < 1.29 is 18.0 Å². The van der Waals surface area contributed by atoms with Crippen LogP contribution in [0.1, 0.15) is 69.9 Å². The summed E-state index contributed by atoms with van der Waals surface area (Å²) in [6.07, 6.45) is 5.38. The number of carbonyl (C=O) groups excluding carboxylic acids is 2. The molecule has 38 heavy (non-hydrogen) atoms. The van der Waals surface area contributed by atoms with Gasteiger partial charge >= 0.3 is 0 Å². The second kappa shape index (κ2) is 13.2. The number of nitrogens with one attached hydrogen (secondary N) is 1. The van der Waals surface area contributed by atoms with Crippen LogP contribution in [0.15, 0.2) is 42.5 Å². The molecule has 0 radical (unpaired) electrons. The highest BCUT2D eigenvalue weighted by Crippen LogP contribution is 2.30. The number of anilines is 1. The number of para-hydroxylation sites is 1. The lowest BCUT2D eigenvalue weighted by Crippen LogP contribution is -2.53. The molecule has 0 aromatic heterocycles. The Morgan fingerprint density at radius 3 is 2.32 bits per heavy atom. The van der Waals surface area contributed by atoms with Crippen LogP contribution < -0.4 is 9.62 Å². The van der Waals surface area contributed by atoms with Crippen LogP contribution in [0.4, 0.5) is 5.69 Å². The summed E-state index contributed by atoms with van der Waals surface area (Å²) in [5, 5.41) is 3.92. The fraction of sp³-hybridized carbons (Fsp3) is 0.500. The lowest BCUT2D eigenvalue weighted by atomic mass is 10.0. The van der Waals surface area contributed by atoms with Crippen molar-refractivity contribution in [3.63, 3.8) is 0 Å². The predicted octanol–water partition coefficient (Wildman–Crippen LogP) is 5.75. The Bertz CT molecular complexity index is 1250. The van der Waals surface area contributed by atoms with Crippen molar-refractivity contribution in [1.29, 1.82) is 0 Å². The molecule has 0 spiro atoms. The van der Waals surface area contributed by atoms with E-state index in [-0.39, 0.29) is 24.4 Å². The number of benzene rings is 2. The topological polar surface area (TPSA) is 86.8 Å². The first-order valence-corrected chi connectivity index (χ1v) is 15.6. The van der Waals surface area contributed by atoms with Crippen LogP contribution in [0, 0.1) is 0 Å². The zero-order chi connectivity index (χ0) is 28.0. The smallest absolute Gasteiger partial charge is 0.244 e. The SMILES string of the molecule is CC[C@H](C(=O)NC1CCCC1)N(Cc1ccc(Cl)cc1Cl)C(=O)CN(c1ccccc1C(C)C)S(C)(=O)=O. The highest BCUT2D eigenvalue weighted by Gasteiger charge is 2.34. The number of halogens is 2. The lowest BCUT2D eigenvalue weighted by molar-refractivity contribution is -0.140. The minimum atomic E-state index is -3.82. The molecule has 1 aliphatic rings. The first kappa shape index (κ1) is 30.3. The summed E-state index contributed by atoms with van der Waals surface area (Å²) in [5.41, 5.74) is 1.88. The predicted molar refractivity (Wildman–Crippen MR) is 154 cm³/mol. The highest BCUT2D eigenvalue weighted by atomic mass is 35.5. The van der Waals surface area contributed by atoms with Crippen molar-refractivity contribution in [3.8, 4) is 0 Å². The molecule has 0 bridgehead atoms. The van der Waals surface area contributed by atoms with Crippen molar-refractivity contribution in [2.45, 2.75) is 77.4 Å². The van der Waals surface area contributed by atoms with Gasteiger partial charge in [0.25, 0.3) is 0 Å². The summed E-state index contributed by atoms with van der Waals surface area (Å²) >= 11 is 12.5. The molecule has 3 rings (SSSR count). The fourth-order valence-corrected chi connectivity index (χ4v) is 6.25. The van der Waals surface area contributed by atoms with Crippen LogP contribution in [0.2, 0.25) is 10.0 Å². The van der Waals surface area contributed by atoms with Gasteiger partial charge in [0.05, 0.1) is 11.9 Å². The second-order valence-electron chi connectivity index (χ2n) is 10.2. The van der Waals surface area contributed by atoms with Crippen LogP contribution >= 0.6 is 23.2 Å². The maximum absolute atomic E-state index is 14.0. The first-order chi connectivity index (χ1) is 17.9. The van der Waals surface area contributed by atoms with Crippen LogP contribution in [0.5, 0.6) is 0 Å². The summed E-state index contributed by atoms with van der Waals surface area (Å²) in [5.74, 6) is -0.699. The third-order valence-electron chi connectivity index (χ3n) is 6.95. The fourth-order valence-electron chi connectivity index (χ4n) is 4.92. The van der Waals surface area contributed by atoms with E-state index >= 15 is 0 Å². The number of hydrogen-bond acceptors (Lipinski definition) is 4. The average molecular weight is 583 g/mol. The number of nitrogens with zero attached hydrogens (tertiary/aromatic N) is 2. The zero-order valence-electron chi connectivity index (χ0n) is 22.4. The van der Waals surface area contributed by atoms with Crippen molar-refractivity contribution in [2.24, 2.45) is 0 Å². The molecule has 2 amide bonds. The highest BCUT2D eigenvalue weighted by molar-refractivity contribution is 7.92. The number of sulfonamides is 1. The van der Waals surface area contributed by atoms with Crippen molar-refractivity contribution in [2.75, 3.05) is 17.1 Å².